The third kappa shape index (κ3) is 3.52. The first-order valence-corrected chi connectivity index (χ1v) is 7.27. The summed E-state index contributed by atoms with van der Waals surface area (Å²) in [5.41, 5.74) is 2.38. The molecule has 1 aliphatic heterocycles. The molecule has 2 rings (SSSR count). The Labute approximate surface area is 101 Å². The van der Waals surface area contributed by atoms with Crippen LogP contribution >= 0.6 is 0 Å². The van der Waals surface area contributed by atoms with Crippen molar-refractivity contribution in [2.24, 2.45) is 0 Å². The average molecular weight is 255 g/mol. The number of rotatable bonds is 4. The van der Waals surface area contributed by atoms with Crippen molar-refractivity contribution in [3.05, 3.63) is 35.4 Å². The molecule has 0 radical (unpaired) electrons. The molecule has 0 N–H and O–H groups in total. The lowest BCUT2D eigenvalue weighted by molar-refractivity contribution is 0.0362. The fourth-order valence-corrected chi connectivity index (χ4v) is 2.68. The minimum atomic E-state index is -4.11. The largest absolute Gasteiger partial charge is 0.748 e. The zero-order chi connectivity index (χ0) is 12.3. The van der Waals surface area contributed by atoms with E-state index in [4.69, 9.17) is 4.74 Å². The Morgan fingerprint density at radius 1 is 1.35 bits per heavy atom. The quantitative estimate of drug-likeness (QED) is 0.767. The van der Waals surface area contributed by atoms with Crippen LogP contribution in [0, 0.1) is 0 Å². The maximum Gasteiger partial charge on any atom is 0.0945 e. The van der Waals surface area contributed by atoms with E-state index in [2.05, 4.69) is 6.07 Å². The van der Waals surface area contributed by atoms with Crippen molar-refractivity contribution in [2.75, 3.05) is 12.4 Å². The van der Waals surface area contributed by atoms with Crippen molar-refractivity contribution in [2.45, 2.75) is 25.4 Å². The molecule has 0 unspecified atom stereocenters. The Morgan fingerprint density at radius 3 is 2.88 bits per heavy atom. The van der Waals surface area contributed by atoms with Crippen molar-refractivity contribution in [1.82, 2.24) is 0 Å². The Morgan fingerprint density at radius 2 is 2.12 bits per heavy atom. The zero-order valence-corrected chi connectivity index (χ0v) is 10.3. The number of benzene rings is 1. The molecule has 0 saturated heterocycles. The Balaban J connectivity index is 1.99. The lowest BCUT2D eigenvalue weighted by atomic mass is 9.95. The molecule has 94 valence electrons. The van der Waals surface area contributed by atoms with Crippen LogP contribution < -0.4 is 0 Å². The molecule has 0 spiro atoms. The van der Waals surface area contributed by atoms with E-state index < -0.39 is 10.1 Å². The molecule has 1 aromatic rings. The van der Waals surface area contributed by atoms with E-state index >= 15 is 0 Å². The van der Waals surface area contributed by atoms with Crippen molar-refractivity contribution in [3.8, 4) is 0 Å². The molecule has 0 fully saturated rings. The van der Waals surface area contributed by atoms with Crippen LogP contribution in [-0.2, 0) is 21.3 Å². The van der Waals surface area contributed by atoms with E-state index in [1.807, 2.05) is 18.2 Å². The molecule has 17 heavy (non-hydrogen) atoms. The number of hydrogen-bond donors (Lipinski definition) is 0. The summed E-state index contributed by atoms with van der Waals surface area (Å²) < 4.78 is 37.2. The van der Waals surface area contributed by atoms with E-state index in [0.717, 1.165) is 12.0 Å². The molecule has 1 atom stereocenters. The first-order valence-electron chi connectivity index (χ1n) is 5.69. The van der Waals surface area contributed by atoms with Gasteiger partial charge in [0.15, 0.2) is 0 Å². The van der Waals surface area contributed by atoms with Gasteiger partial charge in [0.25, 0.3) is 0 Å². The number of ether oxygens (including phenoxy) is 1. The van der Waals surface area contributed by atoms with Crippen LogP contribution in [0.25, 0.3) is 0 Å². The normalized spacial score (nSPS) is 19.9. The summed E-state index contributed by atoms with van der Waals surface area (Å²) in [7, 11) is -4.11. The smallest absolute Gasteiger partial charge is 0.0945 e. The Bertz CT molecular complexity index is 481. The van der Waals surface area contributed by atoms with Crippen LogP contribution in [0.3, 0.4) is 0 Å². The van der Waals surface area contributed by atoms with Gasteiger partial charge in [-0.1, -0.05) is 24.3 Å². The van der Waals surface area contributed by atoms with Crippen LogP contribution in [-0.4, -0.2) is 25.3 Å². The highest BCUT2D eigenvalue weighted by molar-refractivity contribution is 7.85. The lowest BCUT2D eigenvalue weighted by Gasteiger charge is -2.26. The van der Waals surface area contributed by atoms with Gasteiger partial charge in [-0.25, -0.2) is 8.42 Å². The highest BCUT2D eigenvalue weighted by atomic mass is 32.2. The summed E-state index contributed by atoms with van der Waals surface area (Å²) in [5.74, 6) is -0.310. The van der Waals surface area contributed by atoms with Gasteiger partial charge < -0.3 is 9.29 Å². The predicted molar refractivity (Wildman–Crippen MR) is 62.6 cm³/mol. The number of fused-ring (bicyclic) bond motifs is 1. The maximum absolute atomic E-state index is 10.5. The van der Waals surface area contributed by atoms with E-state index in [1.165, 1.54) is 5.56 Å². The molecular formula is C12H15O4S-. The van der Waals surface area contributed by atoms with Gasteiger partial charge in [-0.15, -0.1) is 0 Å². The summed E-state index contributed by atoms with van der Waals surface area (Å²) in [5, 5.41) is 0. The van der Waals surface area contributed by atoms with E-state index in [-0.39, 0.29) is 11.9 Å². The second kappa shape index (κ2) is 5.16. The first kappa shape index (κ1) is 12.5. The first-order chi connectivity index (χ1) is 8.06. The van der Waals surface area contributed by atoms with Crippen LogP contribution in [0.4, 0.5) is 0 Å². The van der Waals surface area contributed by atoms with E-state index in [1.54, 1.807) is 0 Å². The zero-order valence-electron chi connectivity index (χ0n) is 9.46. The van der Waals surface area contributed by atoms with Gasteiger partial charge in [0.05, 0.1) is 22.8 Å². The molecule has 0 bridgehead atoms. The summed E-state index contributed by atoms with van der Waals surface area (Å²) in [6.45, 7) is 0.659. The van der Waals surface area contributed by atoms with Crippen LogP contribution in [0.2, 0.25) is 0 Å². The van der Waals surface area contributed by atoms with Gasteiger partial charge in [-0.2, -0.15) is 0 Å². The fraction of sp³-hybridized carbons (Fsp3) is 0.500. The Kier molecular flexibility index (Phi) is 3.81. The van der Waals surface area contributed by atoms with Gasteiger partial charge in [-0.05, 0) is 30.4 Å². The second-order valence-corrected chi connectivity index (χ2v) is 5.74. The van der Waals surface area contributed by atoms with Gasteiger partial charge in [-0.3, -0.25) is 0 Å². The standard InChI is InChI=1S/C12H16O4S/c13-17(14,15)9-3-6-12-11-5-2-1-4-10(11)7-8-16-12/h1-2,4-5,12H,3,6-9H2,(H,13,14,15)/p-1/t12-/m0/s1. The molecule has 0 amide bonds. The van der Waals surface area contributed by atoms with Gasteiger partial charge in [0, 0.05) is 5.75 Å². The average Bonchev–Trinajstić information content (AvgIpc) is 2.28. The minimum Gasteiger partial charge on any atom is -0.748 e. The summed E-state index contributed by atoms with van der Waals surface area (Å²) >= 11 is 0. The molecule has 1 aliphatic rings. The van der Waals surface area contributed by atoms with E-state index in [0.29, 0.717) is 19.4 Å². The van der Waals surface area contributed by atoms with Crippen LogP contribution in [0.1, 0.15) is 30.1 Å². The van der Waals surface area contributed by atoms with Gasteiger partial charge >= 0.3 is 0 Å². The van der Waals surface area contributed by atoms with Crippen molar-refractivity contribution >= 4 is 10.1 Å². The SMILES string of the molecule is O=S(=O)([O-])CCC[C@@H]1OCCc2ccccc21. The summed E-state index contributed by atoms with van der Waals surface area (Å²) in [6, 6.07) is 8.01. The van der Waals surface area contributed by atoms with Crippen LogP contribution in [0.5, 0.6) is 0 Å². The molecule has 5 heteroatoms. The molecule has 0 aromatic heterocycles. The minimum absolute atomic E-state index is 0.0679. The molecule has 1 heterocycles. The predicted octanol–water partition coefficient (Wildman–Crippen LogP) is 1.63. The Hall–Kier alpha value is -0.910. The molecule has 4 nitrogen and oxygen atoms in total. The van der Waals surface area contributed by atoms with Gasteiger partial charge in [0.2, 0.25) is 0 Å². The highest BCUT2D eigenvalue weighted by Crippen LogP contribution is 2.30. The van der Waals surface area contributed by atoms with Gasteiger partial charge in [0.1, 0.15) is 0 Å². The topological polar surface area (TPSA) is 66.4 Å². The second-order valence-electron chi connectivity index (χ2n) is 4.21. The number of hydrogen-bond acceptors (Lipinski definition) is 4. The third-order valence-electron chi connectivity index (χ3n) is 2.95. The van der Waals surface area contributed by atoms with Crippen molar-refractivity contribution in [1.29, 1.82) is 0 Å². The highest BCUT2D eigenvalue weighted by Gasteiger charge is 2.19. The third-order valence-corrected chi connectivity index (χ3v) is 3.74. The summed E-state index contributed by atoms with van der Waals surface area (Å²) in [4.78, 5) is 0. The lowest BCUT2D eigenvalue weighted by Crippen LogP contribution is -2.17. The van der Waals surface area contributed by atoms with Crippen LogP contribution in [0.15, 0.2) is 24.3 Å². The monoisotopic (exact) mass is 255 g/mol. The van der Waals surface area contributed by atoms with Crippen molar-refractivity contribution < 1.29 is 17.7 Å². The fourth-order valence-electron chi connectivity index (χ4n) is 2.16. The maximum atomic E-state index is 10.5. The summed E-state index contributed by atoms with van der Waals surface area (Å²) in [6.07, 6.45) is 1.76. The molecule has 1 aromatic carbocycles. The molecular weight excluding hydrogens is 240 g/mol. The molecule has 0 saturated carbocycles. The molecule has 0 aliphatic carbocycles. The van der Waals surface area contributed by atoms with E-state index in [9.17, 15) is 13.0 Å². The van der Waals surface area contributed by atoms with Crippen molar-refractivity contribution in [3.63, 3.8) is 0 Å².